The van der Waals surface area contributed by atoms with Gasteiger partial charge in [0.25, 0.3) is 5.69 Å². The topological polar surface area (TPSA) is 122 Å². The molecule has 4 aromatic rings. The van der Waals surface area contributed by atoms with Crippen LogP contribution < -0.4 is 10.2 Å². The van der Waals surface area contributed by atoms with Crippen LogP contribution in [0.2, 0.25) is 0 Å². The number of nitrogens with zero attached hydrogens (tertiary/aromatic N) is 7. The van der Waals surface area contributed by atoms with E-state index in [-0.39, 0.29) is 11.7 Å². The van der Waals surface area contributed by atoms with E-state index in [0.29, 0.717) is 25.3 Å². The first-order valence-electron chi connectivity index (χ1n) is 12.8. The molecule has 3 heterocycles. The molecule has 1 aliphatic rings. The molecule has 0 unspecified atom stereocenters. The zero-order valence-electron chi connectivity index (χ0n) is 21.5. The molecule has 1 aliphatic heterocycles. The van der Waals surface area contributed by atoms with E-state index in [2.05, 4.69) is 17.1 Å². The predicted molar refractivity (Wildman–Crippen MR) is 146 cm³/mol. The van der Waals surface area contributed by atoms with Gasteiger partial charge in [-0.2, -0.15) is 5.10 Å². The van der Waals surface area contributed by atoms with Gasteiger partial charge in [0, 0.05) is 50.4 Å². The van der Waals surface area contributed by atoms with E-state index >= 15 is 0 Å². The molecule has 1 fully saturated rings. The number of rotatable bonds is 6. The van der Waals surface area contributed by atoms with Gasteiger partial charge in [-0.05, 0) is 44.0 Å². The first-order chi connectivity index (χ1) is 18.4. The maximum absolute atomic E-state index is 13.0. The molecule has 196 valence electrons. The SMILES string of the molecule is CCCc1nc(N2CCCN(C(=O)Nc3ccc([N+](=O)[O-])cc3)CC2)c2c(C)nn(-c3ccccc3)c2n1. The molecule has 2 aromatic carbocycles. The van der Waals surface area contributed by atoms with Crippen molar-refractivity contribution in [3.8, 4) is 5.69 Å². The van der Waals surface area contributed by atoms with Crippen molar-refractivity contribution in [1.82, 2.24) is 24.6 Å². The van der Waals surface area contributed by atoms with Crippen LogP contribution in [-0.2, 0) is 6.42 Å². The fourth-order valence-electron chi connectivity index (χ4n) is 4.72. The highest BCUT2D eigenvalue weighted by atomic mass is 16.6. The second kappa shape index (κ2) is 10.8. The lowest BCUT2D eigenvalue weighted by Crippen LogP contribution is -2.38. The quantitative estimate of drug-likeness (QED) is 0.292. The molecule has 0 bridgehead atoms. The van der Waals surface area contributed by atoms with Crippen molar-refractivity contribution in [2.75, 3.05) is 36.4 Å². The molecule has 5 rings (SSSR count). The number of aryl methyl sites for hydroxylation is 2. The maximum Gasteiger partial charge on any atom is 0.321 e. The minimum absolute atomic E-state index is 0.0158. The number of nitro groups is 1. The lowest BCUT2D eigenvalue weighted by molar-refractivity contribution is -0.384. The fourth-order valence-corrected chi connectivity index (χ4v) is 4.72. The van der Waals surface area contributed by atoms with Crippen LogP contribution in [0.25, 0.3) is 16.7 Å². The van der Waals surface area contributed by atoms with E-state index in [1.807, 2.05) is 41.9 Å². The largest absolute Gasteiger partial charge is 0.354 e. The lowest BCUT2D eigenvalue weighted by Gasteiger charge is -2.24. The molecule has 1 N–H and O–H groups in total. The summed E-state index contributed by atoms with van der Waals surface area (Å²) in [4.78, 5) is 37.3. The average molecular weight is 515 g/mol. The van der Waals surface area contributed by atoms with Crippen LogP contribution in [-0.4, -0.2) is 61.8 Å². The summed E-state index contributed by atoms with van der Waals surface area (Å²) in [5.41, 5.74) is 3.10. The second-order valence-corrected chi connectivity index (χ2v) is 9.31. The molecule has 38 heavy (non-hydrogen) atoms. The van der Waals surface area contributed by atoms with Crippen LogP contribution in [0.15, 0.2) is 54.6 Å². The van der Waals surface area contributed by atoms with E-state index in [1.54, 1.807) is 17.0 Å². The number of hydrogen-bond donors (Lipinski definition) is 1. The number of aromatic nitrogens is 4. The third kappa shape index (κ3) is 5.13. The van der Waals surface area contributed by atoms with Gasteiger partial charge in [-0.15, -0.1) is 0 Å². The van der Waals surface area contributed by atoms with Gasteiger partial charge in [-0.25, -0.2) is 19.4 Å². The molecule has 0 radical (unpaired) electrons. The van der Waals surface area contributed by atoms with Gasteiger partial charge in [0.1, 0.15) is 11.6 Å². The van der Waals surface area contributed by atoms with Crippen LogP contribution in [0.1, 0.15) is 31.3 Å². The van der Waals surface area contributed by atoms with Crippen molar-refractivity contribution in [3.05, 3.63) is 76.2 Å². The van der Waals surface area contributed by atoms with Crippen molar-refractivity contribution >= 4 is 34.3 Å². The normalized spacial score (nSPS) is 13.9. The molecule has 11 heteroatoms. The van der Waals surface area contributed by atoms with Crippen LogP contribution in [0.3, 0.4) is 0 Å². The number of amides is 2. The first kappa shape index (κ1) is 25.1. The Morgan fingerprint density at radius 3 is 2.50 bits per heavy atom. The van der Waals surface area contributed by atoms with E-state index in [0.717, 1.165) is 59.9 Å². The van der Waals surface area contributed by atoms with Crippen molar-refractivity contribution in [2.24, 2.45) is 0 Å². The number of hydrogen-bond acceptors (Lipinski definition) is 7. The van der Waals surface area contributed by atoms with E-state index < -0.39 is 4.92 Å². The van der Waals surface area contributed by atoms with Crippen LogP contribution in [0.5, 0.6) is 0 Å². The van der Waals surface area contributed by atoms with Gasteiger partial charge in [-0.3, -0.25) is 10.1 Å². The Hall–Kier alpha value is -4.54. The van der Waals surface area contributed by atoms with Crippen molar-refractivity contribution in [1.29, 1.82) is 0 Å². The summed E-state index contributed by atoms with van der Waals surface area (Å²) in [7, 11) is 0. The van der Waals surface area contributed by atoms with E-state index in [1.165, 1.54) is 12.1 Å². The van der Waals surface area contributed by atoms with Crippen LogP contribution in [0, 0.1) is 17.0 Å². The molecule has 0 saturated carbocycles. The third-order valence-electron chi connectivity index (χ3n) is 6.62. The van der Waals surface area contributed by atoms with E-state index in [9.17, 15) is 14.9 Å². The van der Waals surface area contributed by atoms with Gasteiger partial charge in [0.15, 0.2) is 5.65 Å². The molecule has 1 saturated heterocycles. The van der Waals surface area contributed by atoms with Crippen molar-refractivity contribution in [3.63, 3.8) is 0 Å². The standard InChI is InChI=1S/C27H30N8O3/c1-3-8-23-29-25(24-19(2)31-34(26(24)30-23)21-9-5-4-6-10-21)32-15-7-16-33(18-17-32)27(36)28-20-11-13-22(14-12-20)35(37)38/h4-6,9-14H,3,7-8,15-18H2,1-2H3,(H,28,36). The molecule has 2 aromatic heterocycles. The molecule has 0 spiro atoms. The second-order valence-electron chi connectivity index (χ2n) is 9.31. The average Bonchev–Trinajstić information content (AvgIpc) is 3.09. The third-order valence-corrected chi connectivity index (χ3v) is 6.62. The minimum atomic E-state index is -0.462. The number of anilines is 2. The number of benzene rings is 2. The molecule has 11 nitrogen and oxygen atoms in total. The summed E-state index contributed by atoms with van der Waals surface area (Å²) in [6.45, 7) is 6.55. The van der Waals surface area contributed by atoms with Gasteiger partial charge in [0.05, 0.1) is 21.7 Å². The van der Waals surface area contributed by atoms with Crippen molar-refractivity contribution < 1.29 is 9.72 Å². The van der Waals surface area contributed by atoms with Gasteiger partial charge < -0.3 is 15.1 Å². The van der Waals surface area contributed by atoms with Gasteiger partial charge >= 0.3 is 6.03 Å². The van der Waals surface area contributed by atoms with Gasteiger partial charge in [0.2, 0.25) is 0 Å². The lowest BCUT2D eigenvalue weighted by atomic mass is 10.2. The highest BCUT2D eigenvalue weighted by Crippen LogP contribution is 2.30. The Balaban J connectivity index is 1.39. The predicted octanol–water partition coefficient (Wildman–Crippen LogP) is 4.73. The number of fused-ring (bicyclic) bond motifs is 1. The Kier molecular flexibility index (Phi) is 7.16. The Bertz CT molecular complexity index is 1450. The summed E-state index contributed by atoms with van der Waals surface area (Å²) in [5, 5.41) is 19.5. The summed E-state index contributed by atoms with van der Waals surface area (Å²) in [6.07, 6.45) is 2.47. The Labute approximate surface area is 220 Å². The number of urea groups is 1. The number of para-hydroxylation sites is 1. The number of non-ortho nitro benzene ring substituents is 1. The zero-order valence-corrected chi connectivity index (χ0v) is 21.5. The fraction of sp³-hybridized carbons (Fsp3) is 0.333. The summed E-state index contributed by atoms with van der Waals surface area (Å²) in [5.74, 6) is 1.64. The highest BCUT2D eigenvalue weighted by Gasteiger charge is 2.25. The molecular formula is C27H30N8O3. The molecule has 2 amide bonds. The maximum atomic E-state index is 13.0. The summed E-state index contributed by atoms with van der Waals surface area (Å²) in [6, 6.07) is 15.6. The van der Waals surface area contributed by atoms with Crippen LogP contribution in [0.4, 0.5) is 22.0 Å². The molecule has 0 atom stereocenters. The van der Waals surface area contributed by atoms with Crippen LogP contribution >= 0.6 is 0 Å². The van der Waals surface area contributed by atoms with Crippen molar-refractivity contribution in [2.45, 2.75) is 33.1 Å². The first-order valence-corrected chi connectivity index (χ1v) is 12.8. The zero-order chi connectivity index (χ0) is 26.6. The Morgan fingerprint density at radius 1 is 1.03 bits per heavy atom. The number of carbonyl (C=O) groups is 1. The minimum Gasteiger partial charge on any atom is -0.354 e. The highest BCUT2D eigenvalue weighted by molar-refractivity contribution is 5.91. The summed E-state index contributed by atoms with van der Waals surface area (Å²) < 4.78 is 1.89. The molecular weight excluding hydrogens is 484 g/mol. The summed E-state index contributed by atoms with van der Waals surface area (Å²) >= 11 is 0. The van der Waals surface area contributed by atoms with E-state index in [4.69, 9.17) is 15.1 Å². The number of nitro benzene ring substituents is 1. The number of carbonyl (C=O) groups excluding carboxylic acids is 1. The number of nitrogens with one attached hydrogen (secondary N) is 1. The Morgan fingerprint density at radius 2 is 1.79 bits per heavy atom. The monoisotopic (exact) mass is 514 g/mol. The van der Waals surface area contributed by atoms with Gasteiger partial charge in [-0.1, -0.05) is 25.1 Å². The molecule has 0 aliphatic carbocycles. The smallest absolute Gasteiger partial charge is 0.321 e.